The molecule has 3 rings (SSSR count). The van der Waals surface area contributed by atoms with Crippen LogP contribution in [0.15, 0.2) is 48.2 Å². The maximum atomic E-state index is 12.6. The van der Waals surface area contributed by atoms with Crippen molar-refractivity contribution < 1.29 is 28.5 Å². The summed E-state index contributed by atoms with van der Waals surface area (Å²) in [6.07, 6.45) is 1.60. The summed E-state index contributed by atoms with van der Waals surface area (Å²) in [5.41, 5.74) is 1.11. The summed E-state index contributed by atoms with van der Waals surface area (Å²) in [6, 6.07) is 12.2. The second kappa shape index (κ2) is 8.40. The molecule has 27 heavy (non-hydrogen) atoms. The van der Waals surface area contributed by atoms with Crippen molar-refractivity contribution in [3.63, 3.8) is 0 Å². The Bertz CT molecular complexity index is 884. The Morgan fingerprint density at radius 2 is 1.89 bits per heavy atom. The molecular formula is C21H20O6. The van der Waals surface area contributed by atoms with Crippen LogP contribution in [0.1, 0.15) is 29.8 Å². The Kier molecular flexibility index (Phi) is 5.76. The Hall–Kier alpha value is -3.28. The van der Waals surface area contributed by atoms with Gasteiger partial charge in [-0.05, 0) is 38.1 Å². The van der Waals surface area contributed by atoms with E-state index >= 15 is 0 Å². The third kappa shape index (κ3) is 4.28. The minimum Gasteiger partial charge on any atom is -0.494 e. The number of ketones is 1. The molecule has 0 unspecified atom stereocenters. The molecule has 2 aromatic carbocycles. The van der Waals surface area contributed by atoms with E-state index in [1.807, 2.05) is 13.0 Å². The van der Waals surface area contributed by atoms with Crippen molar-refractivity contribution in [1.82, 2.24) is 0 Å². The highest BCUT2D eigenvalue weighted by Gasteiger charge is 2.28. The molecule has 1 aliphatic heterocycles. The lowest BCUT2D eigenvalue weighted by atomic mass is 10.1. The molecule has 140 valence electrons. The average Bonchev–Trinajstić information content (AvgIpc) is 2.97. The molecule has 0 aliphatic carbocycles. The average molecular weight is 368 g/mol. The van der Waals surface area contributed by atoms with Crippen LogP contribution < -0.4 is 14.2 Å². The number of benzene rings is 2. The van der Waals surface area contributed by atoms with Gasteiger partial charge in [0.2, 0.25) is 5.78 Å². The molecule has 2 aromatic rings. The molecule has 6 nitrogen and oxygen atoms in total. The fourth-order valence-corrected chi connectivity index (χ4v) is 2.64. The first kappa shape index (κ1) is 18.5. The van der Waals surface area contributed by atoms with Crippen molar-refractivity contribution in [2.45, 2.75) is 13.8 Å². The van der Waals surface area contributed by atoms with Gasteiger partial charge in [-0.2, -0.15) is 0 Å². The van der Waals surface area contributed by atoms with Gasteiger partial charge in [0.1, 0.15) is 17.2 Å². The van der Waals surface area contributed by atoms with E-state index in [1.165, 1.54) is 0 Å². The highest BCUT2D eigenvalue weighted by molar-refractivity contribution is 6.14. The summed E-state index contributed by atoms with van der Waals surface area (Å²) < 4.78 is 21.5. The van der Waals surface area contributed by atoms with Gasteiger partial charge in [-0.25, -0.2) is 4.79 Å². The summed E-state index contributed by atoms with van der Waals surface area (Å²) in [5, 5.41) is 0. The zero-order valence-electron chi connectivity index (χ0n) is 15.2. The van der Waals surface area contributed by atoms with Crippen LogP contribution in [0, 0.1) is 0 Å². The van der Waals surface area contributed by atoms with E-state index in [4.69, 9.17) is 18.9 Å². The summed E-state index contributed by atoms with van der Waals surface area (Å²) in [6.45, 7) is 4.23. The molecule has 0 saturated carbocycles. The second-order valence-corrected chi connectivity index (χ2v) is 5.66. The summed E-state index contributed by atoms with van der Waals surface area (Å²) >= 11 is 0. The number of para-hydroxylation sites is 1. The van der Waals surface area contributed by atoms with E-state index in [0.717, 1.165) is 0 Å². The van der Waals surface area contributed by atoms with Crippen molar-refractivity contribution in [2.24, 2.45) is 0 Å². The fourth-order valence-electron chi connectivity index (χ4n) is 2.64. The van der Waals surface area contributed by atoms with Gasteiger partial charge in [0.25, 0.3) is 0 Å². The molecule has 6 heteroatoms. The summed E-state index contributed by atoms with van der Waals surface area (Å²) in [7, 11) is 0. The van der Waals surface area contributed by atoms with E-state index in [9.17, 15) is 9.59 Å². The lowest BCUT2D eigenvalue weighted by molar-refractivity contribution is -0.145. The highest BCUT2D eigenvalue weighted by Crippen LogP contribution is 2.35. The van der Waals surface area contributed by atoms with Crippen LogP contribution in [0.5, 0.6) is 17.2 Å². The number of fused-ring (bicyclic) bond motifs is 1. The van der Waals surface area contributed by atoms with Gasteiger partial charge in [-0.1, -0.05) is 18.2 Å². The molecule has 0 radical (unpaired) electrons. The quantitative estimate of drug-likeness (QED) is 0.549. The smallest absolute Gasteiger partial charge is 0.344 e. The third-order valence-corrected chi connectivity index (χ3v) is 3.81. The predicted molar refractivity (Wildman–Crippen MR) is 99.1 cm³/mol. The largest absolute Gasteiger partial charge is 0.494 e. The van der Waals surface area contributed by atoms with Crippen molar-refractivity contribution >= 4 is 17.8 Å². The molecule has 0 N–H and O–H groups in total. The summed E-state index contributed by atoms with van der Waals surface area (Å²) in [5.74, 6) is 1.08. The standard InChI is InChI=1S/C21H20O6/c1-3-24-15-9-10-16-18(12-15)27-19(21(16)23)11-14-7-5-6-8-17(14)26-13-20(22)25-4-2/h5-12H,3-4,13H2,1-2H3/b19-11-. The van der Waals surface area contributed by atoms with Gasteiger partial charge >= 0.3 is 5.97 Å². The maximum Gasteiger partial charge on any atom is 0.344 e. The van der Waals surface area contributed by atoms with Gasteiger partial charge in [-0.15, -0.1) is 0 Å². The van der Waals surface area contributed by atoms with Crippen molar-refractivity contribution in [1.29, 1.82) is 0 Å². The molecule has 0 saturated heterocycles. The van der Waals surface area contributed by atoms with Gasteiger partial charge < -0.3 is 18.9 Å². The zero-order valence-corrected chi connectivity index (χ0v) is 15.2. The van der Waals surface area contributed by atoms with E-state index in [-0.39, 0.29) is 24.8 Å². The van der Waals surface area contributed by atoms with E-state index < -0.39 is 5.97 Å². The van der Waals surface area contributed by atoms with Crippen LogP contribution >= 0.6 is 0 Å². The first-order valence-electron chi connectivity index (χ1n) is 8.71. The third-order valence-electron chi connectivity index (χ3n) is 3.81. The number of esters is 1. The second-order valence-electron chi connectivity index (χ2n) is 5.66. The zero-order chi connectivity index (χ0) is 19.2. The fraction of sp³-hybridized carbons (Fsp3) is 0.238. The van der Waals surface area contributed by atoms with Gasteiger partial charge in [0.05, 0.1) is 18.8 Å². The molecule has 0 fully saturated rings. The number of carbonyl (C=O) groups excluding carboxylic acids is 2. The monoisotopic (exact) mass is 368 g/mol. The van der Waals surface area contributed by atoms with Gasteiger partial charge in [-0.3, -0.25) is 4.79 Å². The number of Topliss-reactive ketones (excluding diaryl/α,β-unsaturated/α-hetero) is 1. The summed E-state index contributed by atoms with van der Waals surface area (Å²) in [4.78, 5) is 24.1. The van der Waals surface area contributed by atoms with Crippen LogP contribution in [-0.2, 0) is 9.53 Å². The first-order chi connectivity index (χ1) is 13.1. The number of rotatable bonds is 7. The maximum absolute atomic E-state index is 12.6. The molecule has 0 amide bonds. The Morgan fingerprint density at radius 1 is 1.07 bits per heavy atom. The van der Waals surface area contributed by atoms with Gasteiger partial charge in [0.15, 0.2) is 12.4 Å². The number of hydrogen-bond donors (Lipinski definition) is 0. The number of ether oxygens (including phenoxy) is 4. The molecule has 0 bridgehead atoms. The van der Waals surface area contributed by atoms with Crippen LogP contribution in [0.25, 0.3) is 6.08 Å². The van der Waals surface area contributed by atoms with Crippen LogP contribution in [-0.4, -0.2) is 31.6 Å². The molecule has 1 heterocycles. The van der Waals surface area contributed by atoms with Crippen LogP contribution in [0.2, 0.25) is 0 Å². The topological polar surface area (TPSA) is 71.1 Å². The lowest BCUT2D eigenvalue weighted by Gasteiger charge is -2.09. The van der Waals surface area contributed by atoms with E-state index in [2.05, 4.69) is 0 Å². The lowest BCUT2D eigenvalue weighted by Crippen LogP contribution is -2.15. The first-order valence-corrected chi connectivity index (χ1v) is 8.71. The highest BCUT2D eigenvalue weighted by atomic mass is 16.6. The van der Waals surface area contributed by atoms with Crippen LogP contribution in [0.4, 0.5) is 0 Å². The Labute approximate surface area is 157 Å². The molecular weight excluding hydrogens is 348 g/mol. The van der Waals surface area contributed by atoms with Crippen molar-refractivity contribution in [3.8, 4) is 17.2 Å². The molecule has 0 atom stereocenters. The minimum absolute atomic E-state index is 0.186. The number of carbonyl (C=O) groups is 2. The molecule has 0 spiro atoms. The predicted octanol–water partition coefficient (Wildman–Crippen LogP) is 3.64. The van der Waals surface area contributed by atoms with E-state index in [1.54, 1.807) is 49.4 Å². The van der Waals surface area contributed by atoms with Crippen molar-refractivity contribution in [3.05, 3.63) is 59.4 Å². The Balaban J connectivity index is 1.81. The number of hydrogen-bond acceptors (Lipinski definition) is 6. The van der Waals surface area contributed by atoms with E-state index in [0.29, 0.717) is 35.0 Å². The van der Waals surface area contributed by atoms with Crippen molar-refractivity contribution in [2.75, 3.05) is 19.8 Å². The SMILES string of the molecule is CCOC(=O)COc1ccccc1/C=C1\Oc2cc(OCC)ccc2C1=O. The molecule has 0 aromatic heterocycles. The normalized spacial score (nSPS) is 13.9. The molecule has 1 aliphatic rings. The van der Waals surface area contributed by atoms with Crippen LogP contribution in [0.3, 0.4) is 0 Å². The Morgan fingerprint density at radius 3 is 2.67 bits per heavy atom. The minimum atomic E-state index is -0.455. The van der Waals surface area contributed by atoms with Gasteiger partial charge in [0, 0.05) is 11.6 Å². The number of allylic oxidation sites excluding steroid dienone is 1.